The van der Waals surface area contributed by atoms with Crippen molar-refractivity contribution in [3.8, 4) is 0 Å². The van der Waals surface area contributed by atoms with Crippen LogP contribution >= 0.6 is 0 Å². The lowest BCUT2D eigenvalue weighted by Crippen LogP contribution is -2.29. The molecule has 0 saturated carbocycles. The van der Waals surface area contributed by atoms with E-state index in [1.807, 2.05) is 0 Å². The fraction of sp³-hybridized carbons (Fsp3) is 0.750. The summed E-state index contributed by atoms with van der Waals surface area (Å²) in [6, 6.07) is 0. The zero-order valence-electron chi connectivity index (χ0n) is 10.0. The van der Waals surface area contributed by atoms with E-state index in [1.165, 1.54) is 43.7 Å². The molecular formula is C12H23N2+. The molecule has 0 N–H and O–H groups in total. The first-order valence-electron chi connectivity index (χ1n) is 5.69. The van der Waals surface area contributed by atoms with Crippen LogP contribution in [0.4, 0.5) is 0 Å². The highest BCUT2D eigenvalue weighted by molar-refractivity contribution is 4.94. The van der Waals surface area contributed by atoms with Crippen molar-refractivity contribution in [3.05, 3.63) is 17.7 Å². The number of imidazole rings is 1. The van der Waals surface area contributed by atoms with Crippen molar-refractivity contribution in [2.45, 2.75) is 53.0 Å². The van der Waals surface area contributed by atoms with Gasteiger partial charge in [-0.1, -0.05) is 19.8 Å². The van der Waals surface area contributed by atoms with E-state index < -0.39 is 0 Å². The molecule has 0 amide bonds. The van der Waals surface area contributed by atoms with Crippen molar-refractivity contribution in [2.75, 3.05) is 0 Å². The number of unbranched alkanes of at least 4 members (excludes halogenated alkanes) is 3. The van der Waals surface area contributed by atoms with E-state index in [0.29, 0.717) is 0 Å². The SMILES string of the molecule is CCCCCCn1c(C)c[n+](C)c1C. The zero-order chi connectivity index (χ0) is 10.6. The standard InChI is InChI=1S/C12H23N2/c1-5-6-7-8-9-14-11(2)10-13(4)12(14)3/h10H,5-9H2,1-4H3/q+1. The van der Waals surface area contributed by atoms with Gasteiger partial charge in [0.15, 0.2) is 0 Å². The maximum atomic E-state index is 2.41. The van der Waals surface area contributed by atoms with Crippen molar-refractivity contribution >= 4 is 0 Å². The van der Waals surface area contributed by atoms with E-state index in [9.17, 15) is 0 Å². The summed E-state index contributed by atoms with van der Waals surface area (Å²) in [5, 5.41) is 0. The van der Waals surface area contributed by atoms with E-state index >= 15 is 0 Å². The third-order valence-corrected chi connectivity index (χ3v) is 2.94. The third kappa shape index (κ3) is 2.60. The van der Waals surface area contributed by atoms with Crippen molar-refractivity contribution in [1.82, 2.24) is 4.57 Å². The minimum atomic E-state index is 1.18. The molecule has 2 heteroatoms. The van der Waals surface area contributed by atoms with E-state index in [0.717, 1.165) is 0 Å². The van der Waals surface area contributed by atoms with Crippen LogP contribution in [0.3, 0.4) is 0 Å². The molecule has 1 aromatic heterocycles. The average molecular weight is 195 g/mol. The van der Waals surface area contributed by atoms with Crippen LogP contribution in [0.5, 0.6) is 0 Å². The molecule has 1 rings (SSSR count). The van der Waals surface area contributed by atoms with Crippen LogP contribution in [-0.2, 0) is 13.6 Å². The maximum Gasteiger partial charge on any atom is 0.253 e. The molecule has 80 valence electrons. The van der Waals surface area contributed by atoms with Crippen LogP contribution in [-0.4, -0.2) is 4.57 Å². The molecule has 1 aromatic rings. The van der Waals surface area contributed by atoms with Gasteiger partial charge >= 0.3 is 0 Å². The molecule has 0 aromatic carbocycles. The highest BCUT2D eigenvalue weighted by atomic mass is 15.1. The first-order valence-corrected chi connectivity index (χ1v) is 5.69. The van der Waals surface area contributed by atoms with Gasteiger partial charge in [-0.2, -0.15) is 0 Å². The van der Waals surface area contributed by atoms with E-state index in [4.69, 9.17) is 0 Å². The summed E-state index contributed by atoms with van der Waals surface area (Å²) in [6.07, 6.45) is 7.56. The molecular weight excluding hydrogens is 172 g/mol. The highest BCUT2D eigenvalue weighted by Crippen LogP contribution is 2.06. The molecule has 0 saturated heterocycles. The number of hydrogen-bond acceptors (Lipinski definition) is 0. The molecule has 0 fully saturated rings. The largest absolute Gasteiger partial charge is 0.253 e. The predicted octanol–water partition coefficient (Wildman–Crippen LogP) is 2.51. The lowest BCUT2D eigenvalue weighted by Gasteiger charge is -2.00. The summed E-state index contributed by atoms with van der Waals surface area (Å²) in [5.41, 5.74) is 1.38. The van der Waals surface area contributed by atoms with E-state index in [-0.39, 0.29) is 0 Å². The second-order valence-corrected chi connectivity index (χ2v) is 4.14. The van der Waals surface area contributed by atoms with Crippen molar-refractivity contribution in [3.63, 3.8) is 0 Å². The van der Waals surface area contributed by atoms with E-state index in [2.05, 4.69) is 43.1 Å². The van der Waals surface area contributed by atoms with Crippen LogP contribution < -0.4 is 4.57 Å². The van der Waals surface area contributed by atoms with Gasteiger partial charge in [0, 0.05) is 13.8 Å². The van der Waals surface area contributed by atoms with Gasteiger partial charge in [0.25, 0.3) is 5.82 Å². The maximum absolute atomic E-state index is 2.41. The molecule has 0 aliphatic carbocycles. The lowest BCUT2D eigenvalue weighted by molar-refractivity contribution is -0.677. The van der Waals surface area contributed by atoms with E-state index in [1.54, 1.807) is 0 Å². The van der Waals surface area contributed by atoms with Crippen LogP contribution in [0.1, 0.15) is 44.1 Å². The molecule has 0 aliphatic rings. The lowest BCUT2D eigenvalue weighted by atomic mass is 10.2. The van der Waals surface area contributed by atoms with Gasteiger partial charge in [-0.25, -0.2) is 9.13 Å². The molecule has 0 radical (unpaired) electrons. The molecule has 0 unspecified atom stereocenters. The summed E-state index contributed by atoms with van der Waals surface area (Å²) >= 11 is 0. The second-order valence-electron chi connectivity index (χ2n) is 4.14. The van der Waals surface area contributed by atoms with Crippen molar-refractivity contribution in [2.24, 2.45) is 7.05 Å². The van der Waals surface area contributed by atoms with Crippen molar-refractivity contribution in [1.29, 1.82) is 0 Å². The minimum absolute atomic E-state index is 1.18. The topological polar surface area (TPSA) is 8.81 Å². The Morgan fingerprint density at radius 3 is 2.43 bits per heavy atom. The summed E-state index contributed by atoms with van der Waals surface area (Å²) in [5.74, 6) is 1.36. The predicted molar refractivity (Wildman–Crippen MR) is 59.2 cm³/mol. The summed E-state index contributed by atoms with van der Waals surface area (Å²) in [7, 11) is 2.12. The fourth-order valence-electron chi connectivity index (χ4n) is 1.92. The molecule has 0 spiro atoms. The number of rotatable bonds is 5. The number of aromatic nitrogens is 2. The minimum Gasteiger partial charge on any atom is -0.237 e. The van der Waals surface area contributed by atoms with Gasteiger partial charge in [-0.3, -0.25) is 0 Å². The Kier molecular flexibility index (Phi) is 4.18. The Morgan fingerprint density at radius 1 is 1.21 bits per heavy atom. The summed E-state index contributed by atoms with van der Waals surface area (Å²) in [4.78, 5) is 0. The number of hydrogen-bond donors (Lipinski definition) is 0. The Bertz CT molecular complexity index is 287. The molecule has 0 bridgehead atoms. The molecule has 2 nitrogen and oxygen atoms in total. The summed E-state index contributed by atoms with van der Waals surface area (Å²) in [6.45, 7) is 7.81. The van der Waals surface area contributed by atoms with Gasteiger partial charge < -0.3 is 0 Å². The smallest absolute Gasteiger partial charge is 0.237 e. The normalized spacial score (nSPS) is 10.9. The zero-order valence-corrected chi connectivity index (χ0v) is 10.0. The first-order chi connectivity index (χ1) is 6.66. The Labute approximate surface area is 87.6 Å². The Hall–Kier alpha value is -0.790. The number of nitrogens with zero attached hydrogens (tertiary/aromatic N) is 2. The molecule has 14 heavy (non-hydrogen) atoms. The first kappa shape index (κ1) is 11.3. The van der Waals surface area contributed by atoms with Gasteiger partial charge in [0.1, 0.15) is 11.9 Å². The molecule has 0 aliphatic heterocycles. The van der Waals surface area contributed by atoms with Gasteiger partial charge in [0.2, 0.25) is 0 Å². The Morgan fingerprint density at radius 2 is 1.93 bits per heavy atom. The molecule has 1 heterocycles. The van der Waals surface area contributed by atoms with Crippen LogP contribution in [0.2, 0.25) is 0 Å². The third-order valence-electron chi connectivity index (χ3n) is 2.94. The van der Waals surface area contributed by atoms with Gasteiger partial charge in [-0.05, 0) is 12.8 Å². The van der Waals surface area contributed by atoms with Crippen LogP contribution in [0, 0.1) is 13.8 Å². The quantitative estimate of drug-likeness (QED) is 0.504. The second kappa shape index (κ2) is 5.18. The number of aryl methyl sites for hydroxylation is 2. The monoisotopic (exact) mass is 195 g/mol. The average Bonchev–Trinajstić information content (AvgIpc) is 2.38. The highest BCUT2D eigenvalue weighted by Gasteiger charge is 2.12. The fourth-order valence-corrected chi connectivity index (χ4v) is 1.92. The summed E-state index contributed by atoms with van der Waals surface area (Å²) < 4.78 is 4.62. The molecule has 0 atom stereocenters. The van der Waals surface area contributed by atoms with Gasteiger partial charge in [-0.15, -0.1) is 0 Å². The van der Waals surface area contributed by atoms with Crippen molar-refractivity contribution < 1.29 is 4.57 Å². The Balaban J connectivity index is 2.49. The van der Waals surface area contributed by atoms with Crippen LogP contribution in [0.15, 0.2) is 6.20 Å². The van der Waals surface area contributed by atoms with Gasteiger partial charge in [0.05, 0.1) is 13.6 Å². The van der Waals surface area contributed by atoms with Crippen LogP contribution in [0.25, 0.3) is 0 Å².